The average Bonchev–Trinajstić information content (AvgIpc) is 3.21. The lowest BCUT2D eigenvalue weighted by atomic mass is 10.0. The van der Waals surface area contributed by atoms with Crippen LogP contribution in [0.4, 0.5) is 0 Å². The molecule has 35 heavy (non-hydrogen) atoms. The van der Waals surface area contributed by atoms with E-state index < -0.39 is 18.3 Å². The van der Waals surface area contributed by atoms with Gasteiger partial charge in [-0.15, -0.1) is 0 Å². The van der Waals surface area contributed by atoms with Crippen LogP contribution in [-0.4, -0.2) is 26.8 Å². The summed E-state index contributed by atoms with van der Waals surface area (Å²) in [6, 6.07) is 22.6. The van der Waals surface area contributed by atoms with Crippen LogP contribution in [0, 0.1) is 11.3 Å². The highest BCUT2D eigenvalue weighted by Crippen LogP contribution is 2.33. The number of benzene rings is 3. The minimum atomic E-state index is -1.12. The number of aliphatic carboxylic acids is 1. The van der Waals surface area contributed by atoms with Crippen LogP contribution in [0.3, 0.4) is 0 Å². The predicted molar refractivity (Wildman–Crippen MR) is 133 cm³/mol. The molecule has 2 N–H and O–H groups in total. The summed E-state index contributed by atoms with van der Waals surface area (Å²) >= 11 is 12.5. The molecule has 0 aliphatic rings. The second-order valence-corrected chi connectivity index (χ2v) is 8.45. The van der Waals surface area contributed by atoms with Gasteiger partial charge in [0.05, 0.1) is 34.5 Å². The number of nitriles is 1. The van der Waals surface area contributed by atoms with E-state index >= 15 is 0 Å². The molecule has 1 aromatic heterocycles. The van der Waals surface area contributed by atoms with Gasteiger partial charge in [0.25, 0.3) is 5.91 Å². The zero-order valence-electron chi connectivity index (χ0n) is 18.2. The Morgan fingerprint density at radius 2 is 1.77 bits per heavy atom. The van der Waals surface area contributed by atoms with Crippen molar-refractivity contribution in [3.8, 4) is 23.0 Å². The number of carboxylic acids is 1. The molecule has 0 atom stereocenters. The molecule has 4 aromatic rings. The Hall–Kier alpha value is -4.12. The van der Waals surface area contributed by atoms with Gasteiger partial charge in [-0.25, -0.2) is 4.68 Å². The van der Waals surface area contributed by atoms with Crippen LogP contribution < -0.4 is 5.32 Å². The molecule has 4 rings (SSSR count). The molecule has 1 heterocycles. The van der Waals surface area contributed by atoms with E-state index in [1.807, 2.05) is 0 Å². The Morgan fingerprint density at radius 3 is 2.46 bits per heavy atom. The number of amides is 1. The third kappa shape index (κ3) is 5.35. The maximum atomic E-state index is 13.2. The fourth-order valence-electron chi connectivity index (χ4n) is 3.67. The van der Waals surface area contributed by atoms with Crippen molar-refractivity contribution in [2.45, 2.75) is 13.0 Å². The lowest BCUT2D eigenvalue weighted by molar-refractivity contribution is -0.136. The van der Waals surface area contributed by atoms with Gasteiger partial charge in [-0.1, -0.05) is 59.6 Å². The highest BCUT2D eigenvalue weighted by atomic mass is 35.5. The van der Waals surface area contributed by atoms with Gasteiger partial charge in [0, 0.05) is 22.7 Å². The SMILES string of the molecule is N#Cc1cccc(CNC(=O)c2nn(-c3ccccc3Cl)c(-c3ccc(Cl)cc3)c2CC(=O)O)c1. The Balaban J connectivity index is 1.83. The van der Waals surface area contributed by atoms with Gasteiger partial charge in [0.1, 0.15) is 0 Å². The standard InChI is InChI=1S/C26H18Cl2N4O3/c27-19-10-8-18(9-11-19)25-20(13-23(33)34)24(31-32(25)22-7-2-1-6-21(22)28)26(35)30-15-17-5-3-4-16(12-17)14-29/h1-12H,13,15H2,(H,30,35)(H,33,34). The van der Waals surface area contributed by atoms with E-state index in [9.17, 15) is 14.7 Å². The first-order chi connectivity index (χ1) is 16.9. The number of rotatable bonds is 7. The number of carbonyl (C=O) groups excluding carboxylic acids is 1. The Kier molecular flexibility index (Phi) is 7.16. The summed E-state index contributed by atoms with van der Waals surface area (Å²) in [5.41, 5.74) is 2.94. The molecule has 0 saturated carbocycles. The second-order valence-electron chi connectivity index (χ2n) is 7.61. The van der Waals surface area contributed by atoms with Gasteiger partial charge in [0.2, 0.25) is 0 Å². The van der Waals surface area contributed by atoms with Crippen molar-refractivity contribution < 1.29 is 14.7 Å². The van der Waals surface area contributed by atoms with Gasteiger partial charge in [0.15, 0.2) is 5.69 Å². The first-order valence-electron chi connectivity index (χ1n) is 10.5. The van der Waals surface area contributed by atoms with E-state index in [1.165, 1.54) is 4.68 Å². The zero-order valence-corrected chi connectivity index (χ0v) is 19.7. The average molecular weight is 505 g/mol. The van der Waals surface area contributed by atoms with Crippen LogP contribution >= 0.6 is 23.2 Å². The maximum absolute atomic E-state index is 13.2. The molecule has 0 unspecified atom stereocenters. The molecule has 7 nitrogen and oxygen atoms in total. The van der Waals surface area contributed by atoms with Crippen molar-refractivity contribution in [2.75, 3.05) is 0 Å². The largest absolute Gasteiger partial charge is 0.481 e. The number of hydrogen-bond donors (Lipinski definition) is 2. The molecule has 0 radical (unpaired) electrons. The van der Waals surface area contributed by atoms with Crippen LogP contribution in [-0.2, 0) is 17.8 Å². The number of para-hydroxylation sites is 1. The summed E-state index contributed by atoms with van der Waals surface area (Å²) in [6.45, 7) is 0.135. The molecule has 0 spiro atoms. The topological polar surface area (TPSA) is 108 Å². The fraction of sp³-hybridized carbons (Fsp3) is 0.0769. The Bertz CT molecular complexity index is 1460. The first-order valence-corrected chi connectivity index (χ1v) is 11.2. The molecule has 3 aromatic carbocycles. The number of hydrogen-bond acceptors (Lipinski definition) is 4. The lowest BCUT2D eigenvalue weighted by Crippen LogP contribution is -2.25. The number of nitrogens with one attached hydrogen (secondary N) is 1. The summed E-state index contributed by atoms with van der Waals surface area (Å²) in [5.74, 6) is -1.67. The van der Waals surface area contributed by atoms with Crippen molar-refractivity contribution in [3.05, 3.63) is 105 Å². The predicted octanol–water partition coefficient (Wildman–Crippen LogP) is 5.27. The monoisotopic (exact) mass is 504 g/mol. The highest BCUT2D eigenvalue weighted by Gasteiger charge is 2.27. The third-order valence-electron chi connectivity index (χ3n) is 5.23. The molecule has 0 fully saturated rings. The summed E-state index contributed by atoms with van der Waals surface area (Å²) in [4.78, 5) is 25.0. The molecular weight excluding hydrogens is 487 g/mol. The van der Waals surface area contributed by atoms with Crippen molar-refractivity contribution in [1.29, 1.82) is 5.26 Å². The van der Waals surface area contributed by atoms with Crippen molar-refractivity contribution >= 4 is 35.1 Å². The Morgan fingerprint density at radius 1 is 1.03 bits per heavy atom. The van der Waals surface area contributed by atoms with Crippen molar-refractivity contribution in [1.82, 2.24) is 15.1 Å². The van der Waals surface area contributed by atoms with E-state index in [1.54, 1.807) is 72.8 Å². The molecular formula is C26H18Cl2N4O3. The molecule has 0 aliphatic heterocycles. The van der Waals surface area contributed by atoms with Crippen LogP contribution in [0.25, 0.3) is 16.9 Å². The van der Waals surface area contributed by atoms with Crippen LogP contribution in [0.2, 0.25) is 10.0 Å². The maximum Gasteiger partial charge on any atom is 0.307 e. The van der Waals surface area contributed by atoms with E-state index in [4.69, 9.17) is 28.5 Å². The smallest absolute Gasteiger partial charge is 0.307 e. The summed E-state index contributed by atoms with van der Waals surface area (Å²) in [7, 11) is 0. The highest BCUT2D eigenvalue weighted by molar-refractivity contribution is 6.32. The quantitative estimate of drug-likeness (QED) is 0.356. The van der Waals surface area contributed by atoms with Crippen LogP contribution in [0.5, 0.6) is 0 Å². The van der Waals surface area contributed by atoms with Crippen molar-refractivity contribution in [2.24, 2.45) is 0 Å². The summed E-state index contributed by atoms with van der Waals surface area (Å²) in [5, 5.41) is 26.9. The van der Waals surface area contributed by atoms with Gasteiger partial charge >= 0.3 is 5.97 Å². The van der Waals surface area contributed by atoms with E-state index in [-0.39, 0.29) is 17.8 Å². The molecule has 174 valence electrons. The lowest BCUT2D eigenvalue weighted by Gasteiger charge is -2.11. The van der Waals surface area contributed by atoms with Gasteiger partial charge in [-0.05, 0) is 42.0 Å². The van der Waals surface area contributed by atoms with E-state index in [0.717, 1.165) is 5.56 Å². The fourth-order valence-corrected chi connectivity index (χ4v) is 4.01. The molecule has 0 saturated heterocycles. The van der Waals surface area contributed by atoms with E-state index in [0.29, 0.717) is 32.6 Å². The normalized spacial score (nSPS) is 10.5. The summed E-state index contributed by atoms with van der Waals surface area (Å²) in [6.07, 6.45) is -0.435. The molecule has 9 heteroatoms. The zero-order chi connectivity index (χ0) is 24.9. The van der Waals surface area contributed by atoms with E-state index in [2.05, 4.69) is 16.5 Å². The number of carbonyl (C=O) groups is 2. The number of aromatic nitrogens is 2. The molecule has 0 bridgehead atoms. The minimum absolute atomic E-state index is 0.0336. The van der Waals surface area contributed by atoms with Crippen LogP contribution in [0.1, 0.15) is 27.2 Å². The van der Waals surface area contributed by atoms with Crippen molar-refractivity contribution in [3.63, 3.8) is 0 Å². The Labute approximate surface area is 211 Å². The molecule has 0 aliphatic carbocycles. The first kappa shape index (κ1) is 24.0. The van der Waals surface area contributed by atoms with Gasteiger partial charge < -0.3 is 10.4 Å². The summed E-state index contributed by atoms with van der Waals surface area (Å²) < 4.78 is 1.48. The number of carboxylic acid groups (broad SMARTS) is 1. The molecule has 1 amide bonds. The number of halogens is 2. The van der Waals surface area contributed by atoms with Gasteiger partial charge in [-0.2, -0.15) is 10.4 Å². The second kappa shape index (κ2) is 10.4. The minimum Gasteiger partial charge on any atom is -0.481 e. The third-order valence-corrected chi connectivity index (χ3v) is 5.81. The van der Waals surface area contributed by atoms with Crippen LogP contribution in [0.15, 0.2) is 72.8 Å². The van der Waals surface area contributed by atoms with Gasteiger partial charge in [-0.3, -0.25) is 9.59 Å². The number of nitrogens with zero attached hydrogens (tertiary/aromatic N) is 3.